The number of anilines is 1. The van der Waals surface area contributed by atoms with Gasteiger partial charge in [-0.1, -0.05) is 28.9 Å². The minimum Gasteiger partial charge on any atom is -0.317 e. The van der Waals surface area contributed by atoms with E-state index in [0.29, 0.717) is 27.8 Å². The second-order valence-electron chi connectivity index (χ2n) is 5.15. The highest BCUT2D eigenvalue weighted by Gasteiger charge is 2.20. The number of aromatic amines is 1. The molecule has 3 aromatic rings. The van der Waals surface area contributed by atoms with Gasteiger partial charge in [-0.05, 0) is 32.9 Å². The van der Waals surface area contributed by atoms with E-state index in [9.17, 15) is 4.79 Å². The minimum absolute atomic E-state index is 0.241. The molecule has 0 aliphatic heterocycles. The fourth-order valence-electron chi connectivity index (χ4n) is 2.30. The second kappa shape index (κ2) is 5.85. The molecule has 0 bridgehead atoms. The van der Waals surface area contributed by atoms with Gasteiger partial charge in [0.05, 0.1) is 33.5 Å². The van der Waals surface area contributed by atoms with Crippen LogP contribution in [0.3, 0.4) is 0 Å². The van der Waals surface area contributed by atoms with E-state index in [1.54, 1.807) is 17.7 Å². The van der Waals surface area contributed by atoms with E-state index in [1.165, 1.54) is 0 Å². The topological polar surface area (TPSA) is 88.5 Å². The van der Waals surface area contributed by atoms with Crippen molar-refractivity contribution in [2.45, 2.75) is 20.8 Å². The van der Waals surface area contributed by atoms with Crippen molar-refractivity contribution >= 4 is 23.2 Å². The van der Waals surface area contributed by atoms with Crippen molar-refractivity contribution in [1.82, 2.24) is 25.2 Å². The summed E-state index contributed by atoms with van der Waals surface area (Å²) in [5, 5.41) is 18.2. The van der Waals surface area contributed by atoms with Gasteiger partial charge in [0.1, 0.15) is 0 Å². The van der Waals surface area contributed by atoms with Crippen LogP contribution in [0.5, 0.6) is 0 Å². The lowest BCUT2D eigenvalue weighted by Gasteiger charge is -2.06. The van der Waals surface area contributed by atoms with E-state index in [-0.39, 0.29) is 11.6 Å². The number of nitrogens with zero attached hydrogens (tertiary/aromatic N) is 4. The fourth-order valence-corrected chi connectivity index (χ4v) is 2.51. The molecule has 1 amide bonds. The Morgan fingerprint density at radius 3 is 2.65 bits per heavy atom. The number of H-pyrrole nitrogens is 1. The predicted molar refractivity (Wildman–Crippen MR) is 87.1 cm³/mol. The van der Waals surface area contributed by atoms with Crippen LogP contribution < -0.4 is 5.32 Å². The average Bonchev–Trinajstić information content (AvgIpc) is 3.05. The molecule has 8 heteroatoms. The summed E-state index contributed by atoms with van der Waals surface area (Å²) in [6.45, 7) is 5.42. The summed E-state index contributed by atoms with van der Waals surface area (Å²) in [6.07, 6.45) is 0. The van der Waals surface area contributed by atoms with Crippen LogP contribution in [0.15, 0.2) is 24.3 Å². The zero-order valence-electron chi connectivity index (χ0n) is 12.9. The van der Waals surface area contributed by atoms with E-state index < -0.39 is 0 Å². The van der Waals surface area contributed by atoms with Crippen LogP contribution in [-0.4, -0.2) is 31.1 Å². The Kier molecular flexibility index (Phi) is 3.87. The molecule has 0 fully saturated rings. The summed E-state index contributed by atoms with van der Waals surface area (Å²) in [7, 11) is 0. The number of rotatable bonds is 3. The third-order valence-corrected chi connectivity index (χ3v) is 3.88. The molecule has 2 aromatic heterocycles. The third kappa shape index (κ3) is 2.70. The summed E-state index contributed by atoms with van der Waals surface area (Å²) >= 11 is 6.17. The first-order chi connectivity index (χ1) is 11.0. The number of hydrogen-bond donors (Lipinski definition) is 2. The molecule has 2 N–H and O–H groups in total. The monoisotopic (exact) mass is 330 g/mol. The Balaban J connectivity index is 1.93. The van der Waals surface area contributed by atoms with Crippen molar-refractivity contribution in [1.29, 1.82) is 0 Å². The van der Waals surface area contributed by atoms with E-state index >= 15 is 0 Å². The maximum absolute atomic E-state index is 12.5. The van der Waals surface area contributed by atoms with Gasteiger partial charge in [0, 0.05) is 0 Å². The Bertz CT molecular complexity index is 862. The van der Waals surface area contributed by atoms with Crippen LogP contribution in [0.1, 0.15) is 27.6 Å². The van der Waals surface area contributed by atoms with Gasteiger partial charge >= 0.3 is 0 Å². The molecule has 0 spiro atoms. The Labute approximate surface area is 137 Å². The number of carbonyl (C=O) groups excluding carboxylic acids is 1. The molecule has 23 heavy (non-hydrogen) atoms. The number of amides is 1. The van der Waals surface area contributed by atoms with Crippen molar-refractivity contribution in [3.05, 3.63) is 52.1 Å². The van der Waals surface area contributed by atoms with E-state index in [0.717, 1.165) is 5.69 Å². The van der Waals surface area contributed by atoms with Crippen molar-refractivity contribution in [2.75, 3.05) is 5.32 Å². The summed E-state index contributed by atoms with van der Waals surface area (Å²) in [5.74, 6) is -0.339. The number of hydrogen-bond acceptors (Lipinski definition) is 4. The second-order valence-corrected chi connectivity index (χ2v) is 5.56. The van der Waals surface area contributed by atoms with Crippen LogP contribution in [-0.2, 0) is 0 Å². The molecular weight excluding hydrogens is 316 g/mol. The van der Waals surface area contributed by atoms with E-state index in [1.807, 2.05) is 32.0 Å². The van der Waals surface area contributed by atoms with Gasteiger partial charge in [0.25, 0.3) is 5.91 Å². The van der Waals surface area contributed by atoms with E-state index in [2.05, 4.69) is 25.8 Å². The van der Waals surface area contributed by atoms with Gasteiger partial charge in [0.15, 0.2) is 5.69 Å². The molecule has 0 saturated heterocycles. The lowest BCUT2D eigenvalue weighted by Crippen LogP contribution is -2.15. The highest BCUT2D eigenvalue weighted by Crippen LogP contribution is 2.22. The van der Waals surface area contributed by atoms with Crippen LogP contribution in [0.4, 0.5) is 5.69 Å². The maximum Gasteiger partial charge on any atom is 0.278 e. The molecule has 0 radical (unpaired) electrons. The summed E-state index contributed by atoms with van der Waals surface area (Å²) in [4.78, 5) is 12.5. The average molecular weight is 331 g/mol. The SMILES string of the molecule is Cc1n[nH]c(C)c1NC(=O)c1nnn(-c2ccccc2Cl)c1C. The molecule has 0 aliphatic rings. The van der Waals surface area contributed by atoms with Gasteiger partial charge in [-0.3, -0.25) is 9.89 Å². The number of nitrogens with one attached hydrogen (secondary N) is 2. The normalized spacial score (nSPS) is 10.8. The van der Waals surface area contributed by atoms with Crippen molar-refractivity contribution < 1.29 is 4.79 Å². The van der Waals surface area contributed by atoms with Crippen LogP contribution in [0.25, 0.3) is 5.69 Å². The first-order valence-electron chi connectivity index (χ1n) is 6.99. The summed E-state index contributed by atoms with van der Waals surface area (Å²) < 4.78 is 1.55. The standard InChI is InChI=1S/C15H15ClN6O/c1-8-13(9(2)19-18-8)17-15(23)14-10(3)22(21-20-14)12-7-5-4-6-11(12)16/h4-7H,1-3H3,(H,17,23)(H,18,19). The zero-order valence-corrected chi connectivity index (χ0v) is 13.6. The van der Waals surface area contributed by atoms with Gasteiger partial charge < -0.3 is 5.32 Å². The maximum atomic E-state index is 12.5. The molecule has 7 nitrogen and oxygen atoms in total. The summed E-state index contributed by atoms with van der Waals surface area (Å²) in [5.41, 5.74) is 3.67. The van der Waals surface area contributed by atoms with Gasteiger partial charge in [-0.25, -0.2) is 4.68 Å². The molecular formula is C15H15ClN6O. The number of aryl methyl sites for hydroxylation is 2. The molecule has 1 aromatic carbocycles. The number of para-hydroxylation sites is 1. The number of carbonyl (C=O) groups is 1. The Morgan fingerprint density at radius 2 is 2.00 bits per heavy atom. The van der Waals surface area contributed by atoms with E-state index in [4.69, 9.17) is 11.6 Å². The minimum atomic E-state index is -0.339. The number of aromatic nitrogens is 5. The Morgan fingerprint density at radius 1 is 1.26 bits per heavy atom. The molecule has 118 valence electrons. The predicted octanol–water partition coefficient (Wildman–Crippen LogP) is 2.82. The third-order valence-electron chi connectivity index (χ3n) is 3.56. The van der Waals surface area contributed by atoms with Crippen molar-refractivity contribution in [3.8, 4) is 5.69 Å². The molecule has 0 aliphatic carbocycles. The largest absolute Gasteiger partial charge is 0.317 e. The van der Waals surface area contributed by atoms with Gasteiger partial charge in [-0.2, -0.15) is 5.10 Å². The molecule has 0 atom stereocenters. The molecule has 0 unspecified atom stereocenters. The lowest BCUT2D eigenvalue weighted by atomic mass is 10.2. The highest BCUT2D eigenvalue weighted by molar-refractivity contribution is 6.32. The zero-order chi connectivity index (χ0) is 16.6. The first kappa shape index (κ1) is 15.2. The number of halogens is 1. The van der Waals surface area contributed by atoms with Gasteiger partial charge in [-0.15, -0.1) is 5.10 Å². The van der Waals surface area contributed by atoms with Gasteiger partial charge in [0.2, 0.25) is 0 Å². The molecule has 3 rings (SSSR count). The van der Waals surface area contributed by atoms with Crippen LogP contribution >= 0.6 is 11.6 Å². The lowest BCUT2D eigenvalue weighted by molar-refractivity contribution is 0.102. The molecule has 2 heterocycles. The first-order valence-corrected chi connectivity index (χ1v) is 7.37. The van der Waals surface area contributed by atoms with Crippen LogP contribution in [0.2, 0.25) is 5.02 Å². The number of benzene rings is 1. The quantitative estimate of drug-likeness (QED) is 0.772. The summed E-state index contributed by atoms with van der Waals surface area (Å²) in [6, 6.07) is 7.25. The van der Waals surface area contributed by atoms with Crippen LogP contribution in [0, 0.1) is 20.8 Å². The van der Waals surface area contributed by atoms with Crippen molar-refractivity contribution in [3.63, 3.8) is 0 Å². The fraction of sp³-hybridized carbons (Fsp3) is 0.200. The molecule has 0 saturated carbocycles. The van der Waals surface area contributed by atoms with Crippen molar-refractivity contribution in [2.24, 2.45) is 0 Å². The smallest absolute Gasteiger partial charge is 0.278 e. The Hall–Kier alpha value is -2.67. The highest BCUT2D eigenvalue weighted by atomic mass is 35.5.